The van der Waals surface area contributed by atoms with E-state index in [1.165, 1.54) is 5.56 Å². The smallest absolute Gasteiger partial charge is 0.262 e. The van der Waals surface area contributed by atoms with Gasteiger partial charge in [0.25, 0.3) is 11.8 Å². The van der Waals surface area contributed by atoms with Gasteiger partial charge >= 0.3 is 0 Å². The molecule has 4 rings (SSSR count). The normalized spacial score (nSPS) is 10.6. The van der Waals surface area contributed by atoms with Crippen molar-refractivity contribution in [2.24, 2.45) is 0 Å². The molecule has 0 spiro atoms. The zero-order chi connectivity index (χ0) is 20.9. The fourth-order valence-electron chi connectivity index (χ4n) is 2.73. The summed E-state index contributed by atoms with van der Waals surface area (Å²) in [5.41, 5.74) is 3.48. The van der Waals surface area contributed by atoms with Crippen molar-refractivity contribution >= 4 is 23.2 Å². The minimum absolute atomic E-state index is 0.111. The first kappa shape index (κ1) is 19.7. The zero-order valence-electron chi connectivity index (χ0n) is 16.1. The molecule has 0 radical (unpaired) electrons. The number of halogens is 1. The molecule has 0 aliphatic rings. The summed E-state index contributed by atoms with van der Waals surface area (Å²) in [6.45, 7) is 1.91. The summed E-state index contributed by atoms with van der Waals surface area (Å²) in [6.07, 6.45) is 0. The number of nitrogens with zero attached hydrogens (tertiary/aromatic N) is 2. The molecule has 4 aromatic rings. The number of aryl methyl sites for hydroxylation is 1. The molecule has 0 aliphatic heterocycles. The third-order valence-electron chi connectivity index (χ3n) is 4.33. The quantitative estimate of drug-likeness (QED) is 0.453. The fraction of sp³-hybridized carbons (Fsp3) is 0.0870. The highest BCUT2D eigenvalue weighted by molar-refractivity contribution is 6.30. The van der Waals surface area contributed by atoms with Gasteiger partial charge in [-0.25, -0.2) is 0 Å². The number of ether oxygens (including phenoxy) is 1. The van der Waals surface area contributed by atoms with Crippen molar-refractivity contribution in [1.29, 1.82) is 0 Å². The summed E-state index contributed by atoms with van der Waals surface area (Å²) in [5, 5.41) is 7.39. The van der Waals surface area contributed by atoms with Crippen LogP contribution in [0.15, 0.2) is 77.3 Å². The average Bonchev–Trinajstić information content (AvgIpc) is 3.25. The monoisotopic (exact) mass is 419 g/mol. The molecule has 1 aromatic heterocycles. The van der Waals surface area contributed by atoms with Crippen LogP contribution in [0, 0.1) is 6.92 Å². The molecule has 1 heterocycles. The molecule has 150 valence electrons. The van der Waals surface area contributed by atoms with E-state index in [1.807, 2.05) is 31.2 Å². The standard InChI is InChI=1S/C23H18ClN3O3/c1-15-2-4-16(5-3-15)22-26-23(30-27-22)17-6-12-20(13-7-17)29-14-21(28)25-19-10-8-18(24)9-11-19/h2-13H,14H2,1H3,(H,25,28). The first-order valence-corrected chi connectivity index (χ1v) is 9.64. The van der Waals surface area contributed by atoms with Crippen molar-refractivity contribution in [2.75, 3.05) is 11.9 Å². The van der Waals surface area contributed by atoms with Crippen molar-refractivity contribution in [3.8, 4) is 28.6 Å². The Morgan fingerprint density at radius 1 is 0.967 bits per heavy atom. The number of nitrogens with one attached hydrogen (secondary N) is 1. The van der Waals surface area contributed by atoms with E-state index in [1.54, 1.807) is 48.5 Å². The zero-order valence-corrected chi connectivity index (χ0v) is 16.9. The Hall–Kier alpha value is -3.64. The van der Waals surface area contributed by atoms with Crippen LogP contribution in [0.1, 0.15) is 5.56 Å². The van der Waals surface area contributed by atoms with E-state index in [-0.39, 0.29) is 12.5 Å². The predicted molar refractivity (Wildman–Crippen MR) is 115 cm³/mol. The van der Waals surface area contributed by atoms with Crippen LogP contribution < -0.4 is 10.1 Å². The van der Waals surface area contributed by atoms with Crippen LogP contribution in [0.2, 0.25) is 5.02 Å². The van der Waals surface area contributed by atoms with Crippen LogP contribution in [-0.4, -0.2) is 22.7 Å². The van der Waals surface area contributed by atoms with Gasteiger partial charge in [-0.1, -0.05) is 46.6 Å². The fourth-order valence-corrected chi connectivity index (χ4v) is 2.86. The lowest BCUT2D eigenvalue weighted by Crippen LogP contribution is -2.20. The first-order valence-electron chi connectivity index (χ1n) is 9.26. The number of benzene rings is 3. The summed E-state index contributed by atoms with van der Waals surface area (Å²) in [4.78, 5) is 16.5. The van der Waals surface area contributed by atoms with Crippen molar-refractivity contribution in [3.05, 3.63) is 83.4 Å². The number of carbonyl (C=O) groups is 1. The lowest BCUT2D eigenvalue weighted by atomic mass is 10.1. The van der Waals surface area contributed by atoms with E-state index < -0.39 is 0 Å². The van der Waals surface area contributed by atoms with Crippen LogP contribution >= 0.6 is 11.6 Å². The van der Waals surface area contributed by atoms with Gasteiger partial charge in [-0.2, -0.15) is 4.98 Å². The van der Waals surface area contributed by atoms with E-state index in [9.17, 15) is 4.79 Å². The molecule has 0 saturated carbocycles. The van der Waals surface area contributed by atoms with E-state index >= 15 is 0 Å². The molecule has 0 fully saturated rings. The van der Waals surface area contributed by atoms with Crippen molar-refractivity contribution < 1.29 is 14.1 Å². The van der Waals surface area contributed by atoms with Crippen LogP contribution in [0.4, 0.5) is 5.69 Å². The molecule has 30 heavy (non-hydrogen) atoms. The van der Waals surface area contributed by atoms with Gasteiger partial charge in [0.2, 0.25) is 5.82 Å². The molecule has 0 bridgehead atoms. The van der Waals surface area contributed by atoms with Crippen molar-refractivity contribution in [3.63, 3.8) is 0 Å². The highest BCUT2D eigenvalue weighted by Crippen LogP contribution is 2.24. The van der Waals surface area contributed by atoms with Gasteiger partial charge < -0.3 is 14.6 Å². The molecular formula is C23H18ClN3O3. The molecule has 3 aromatic carbocycles. The minimum Gasteiger partial charge on any atom is -0.484 e. The molecular weight excluding hydrogens is 402 g/mol. The number of hydrogen-bond donors (Lipinski definition) is 1. The molecule has 1 amide bonds. The Balaban J connectivity index is 1.35. The molecule has 6 nitrogen and oxygen atoms in total. The number of hydrogen-bond acceptors (Lipinski definition) is 5. The molecule has 7 heteroatoms. The second kappa shape index (κ2) is 8.80. The van der Waals surface area contributed by atoms with E-state index in [0.29, 0.717) is 28.2 Å². The Morgan fingerprint density at radius 3 is 2.33 bits per heavy atom. The van der Waals surface area contributed by atoms with Crippen LogP contribution in [0.5, 0.6) is 5.75 Å². The van der Waals surface area contributed by atoms with E-state index in [4.69, 9.17) is 20.9 Å². The number of carbonyl (C=O) groups excluding carboxylic acids is 1. The molecule has 0 atom stereocenters. The van der Waals surface area contributed by atoms with E-state index in [0.717, 1.165) is 11.1 Å². The highest BCUT2D eigenvalue weighted by Gasteiger charge is 2.11. The van der Waals surface area contributed by atoms with Gasteiger partial charge in [0.1, 0.15) is 5.75 Å². The van der Waals surface area contributed by atoms with Gasteiger partial charge in [-0.15, -0.1) is 0 Å². The van der Waals surface area contributed by atoms with Gasteiger partial charge in [0.15, 0.2) is 6.61 Å². The SMILES string of the molecule is Cc1ccc(-c2noc(-c3ccc(OCC(=O)Nc4ccc(Cl)cc4)cc3)n2)cc1. The summed E-state index contributed by atoms with van der Waals surface area (Å²) >= 11 is 5.83. The van der Waals surface area contributed by atoms with E-state index in [2.05, 4.69) is 15.5 Å². The summed E-state index contributed by atoms with van der Waals surface area (Å²) < 4.78 is 10.9. The second-order valence-corrected chi connectivity index (χ2v) is 7.09. The number of amides is 1. The molecule has 0 aliphatic carbocycles. The average molecular weight is 420 g/mol. The Kier molecular flexibility index (Phi) is 5.77. The minimum atomic E-state index is -0.263. The number of aromatic nitrogens is 2. The third-order valence-corrected chi connectivity index (χ3v) is 4.59. The molecule has 0 unspecified atom stereocenters. The predicted octanol–water partition coefficient (Wildman–Crippen LogP) is 5.38. The van der Waals surface area contributed by atoms with Crippen LogP contribution in [-0.2, 0) is 4.79 Å². The lowest BCUT2D eigenvalue weighted by molar-refractivity contribution is -0.118. The Bertz CT molecular complexity index is 1140. The van der Waals surface area contributed by atoms with Gasteiger partial charge in [-0.3, -0.25) is 4.79 Å². The molecule has 0 saturated heterocycles. The topological polar surface area (TPSA) is 77.2 Å². The lowest BCUT2D eigenvalue weighted by Gasteiger charge is -2.08. The second-order valence-electron chi connectivity index (χ2n) is 6.66. The Morgan fingerprint density at radius 2 is 1.63 bits per heavy atom. The maximum atomic E-state index is 12.0. The van der Waals surface area contributed by atoms with Crippen LogP contribution in [0.3, 0.4) is 0 Å². The maximum Gasteiger partial charge on any atom is 0.262 e. The highest BCUT2D eigenvalue weighted by atomic mass is 35.5. The summed E-state index contributed by atoms with van der Waals surface area (Å²) in [7, 11) is 0. The third kappa shape index (κ3) is 4.85. The summed E-state index contributed by atoms with van der Waals surface area (Å²) in [5.74, 6) is 1.24. The van der Waals surface area contributed by atoms with Gasteiger partial charge in [-0.05, 0) is 55.5 Å². The maximum absolute atomic E-state index is 12.0. The van der Waals surface area contributed by atoms with Crippen LogP contribution in [0.25, 0.3) is 22.8 Å². The molecule has 1 N–H and O–H groups in total. The first-order chi connectivity index (χ1) is 14.6. The van der Waals surface area contributed by atoms with Crippen molar-refractivity contribution in [2.45, 2.75) is 6.92 Å². The van der Waals surface area contributed by atoms with Crippen molar-refractivity contribution in [1.82, 2.24) is 10.1 Å². The number of rotatable bonds is 6. The van der Waals surface area contributed by atoms with Gasteiger partial charge in [0, 0.05) is 21.8 Å². The largest absolute Gasteiger partial charge is 0.484 e. The number of anilines is 1. The van der Waals surface area contributed by atoms with Gasteiger partial charge in [0.05, 0.1) is 0 Å². The summed E-state index contributed by atoms with van der Waals surface area (Å²) in [6, 6.07) is 21.9. The Labute approximate surface area is 178 Å².